The molecule has 0 radical (unpaired) electrons. The average molecular weight is 396 g/mol. The minimum atomic E-state index is -3.49. The van der Waals surface area contributed by atoms with Gasteiger partial charge < -0.3 is 10.5 Å². The molecule has 0 aliphatic rings. The fourth-order valence-corrected chi connectivity index (χ4v) is 3.29. The van der Waals surface area contributed by atoms with Gasteiger partial charge in [0.05, 0.1) is 35.0 Å². The van der Waals surface area contributed by atoms with Crippen LogP contribution in [0, 0.1) is 0 Å². The van der Waals surface area contributed by atoms with Crippen LogP contribution in [0.3, 0.4) is 0 Å². The second-order valence-corrected chi connectivity index (χ2v) is 7.91. The zero-order valence-corrected chi connectivity index (χ0v) is 15.8. The smallest absolute Gasteiger partial charge is 0.238 e. The van der Waals surface area contributed by atoms with Gasteiger partial charge in [0.15, 0.2) is 5.65 Å². The third-order valence-electron chi connectivity index (χ3n) is 3.67. The Morgan fingerprint density at radius 2 is 2.04 bits per heavy atom. The minimum Gasteiger partial charge on any atom is -0.476 e. The van der Waals surface area contributed by atoms with Gasteiger partial charge in [0.25, 0.3) is 0 Å². The van der Waals surface area contributed by atoms with Crippen LogP contribution in [0.15, 0.2) is 30.7 Å². The molecule has 0 aliphatic carbocycles. The van der Waals surface area contributed by atoms with Gasteiger partial charge in [0.2, 0.25) is 15.9 Å². The third kappa shape index (κ3) is 3.54. The highest BCUT2D eigenvalue weighted by Crippen LogP contribution is 2.31. The van der Waals surface area contributed by atoms with E-state index in [1.165, 1.54) is 0 Å². The summed E-state index contributed by atoms with van der Waals surface area (Å²) in [7, 11) is -3.49. The Bertz CT molecular complexity index is 1070. The molecular weight excluding hydrogens is 378 g/mol. The number of hydrogen-bond acceptors (Lipinski definition) is 6. The van der Waals surface area contributed by atoms with Gasteiger partial charge in [0, 0.05) is 18.0 Å². The summed E-state index contributed by atoms with van der Waals surface area (Å²) in [6, 6.07) is 3.26. The lowest BCUT2D eigenvalue weighted by Gasteiger charge is -2.13. The molecule has 0 fully saturated rings. The first-order valence-corrected chi connectivity index (χ1v) is 9.93. The molecule has 0 saturated heterocycles. The standard InChI is InChI=1S/C16H18ClN5O3S/c1-3-25-16-13(21-26(23,24)4-2)5-10(7-20-16)14-8-19-15-12(18)6-11(17)9-22(14)15/h5-9,21H,3-4,18H2,1-2H3. The fraction of sp³-hybridized carbons (Fsp3) is 0.250. The minimum absolute atomic E-state index is 0.0649. The molecule has 3 aromatic rings. The first kappa shape index (κ1) is 18.3. The Balaban J connectivity index is 2.14. The van der Waals surface area contributed by atoms with Crippen molar-refractivity contribution in [1.29, 1.82) is 0 Å². The van der Waals surface area contributed by atoms with Gasteiger partial charge in [-0.05, 0) is 26.0 Å². The number of rotatable bonds is 6. The SMILES string of the molecule is CCOc1ncc(-c2cnc3c(N)cc(Cl)cn23)cc1NS(=O)(=O)CC. The third-order valence-corrected chi connectivity index (χ3v) is 5.17. The van der Waals surface area contributed by atoms with E-state index in [-0.39, 0.29) is 17.3 Å². The van der Waals surface area contributed by atoms with E-state index in [2.05, 4.69) is 14.7 Å². The summed E-state index contributed by atoms with van der Waals surface area (Å²) in [5.74, 6) is 0.143. The Labute approximate surface area is 156 Å². The van der Waals surface area contributed by atoms with Gasteiger partial charge in [-0.3, -0.25) is 9.12 Å². The maximum atomic E-state index is 12.0. The van der Waals surface area contributed by atoms with E-state index in [1.54, 1.807) is 49.0 Å². The molecule has 0 spiro atoms. The molecule has 0 aromatic carbocycles. The van der Waals surface area contributed by atoms with Crippen LogP contribution in [-0.4, -0.2) is 35.1 Å². The van der Waals surface area contributed by atoms with Crippen LogP contribution < -0.4 is 15.2 Å². The predicted molar refractivity (Wildman–Crippen MR) is 102 cm³/mol. The molecule has 0 aliphatic heterocycles. The number of nitrogens with one attached hydrogen (secondary N) is 1. The van der Waals surface area contributed by atoms with Crippen molar-refractivity contribution in [2.45, 2.75) is 13.8 Å². The summed E-state index contributed by atoms with van der Waals surface area (Å²) in [4.78, 5) is 8.54. The molecule has 8 nitrogen and oxygen atoms in total. The molecule has 3 heterocycles. The topological polar surface area (TPSA) is 112 Å². The highest BCUT2D eigenvalue weighted by atomic mass is 35.5. The molecule has 0 atom stereocenters. The zero-order chi connectivity index (χ0) is 18.9. The molecule has 0 amide bonds. The van der Waals surface area contributed by atoms with Crippen LogP contribution in [-0.2, 0) is 10.0 Å². The van der Waals surface area contributed by atoms with Gasteiger partial charge >= 0.3 is 0 Å². The maximum Gasteiger partial charge on any atom is 0.238 e. The molecule has 0 saturated carbocycles. The number of aromatic nitrogens is 3. The first-order chi connectivity index (χ1) is 12.3. The molecule has 10 heteroatoms. The van der Waals surface area contributed by atoms with Gasteiger partial charge in [-0.2, -0.15) is 0 Å². The predicted octanol–water partition coefficient (Wildman–Crippen LogP) is 2.79. The quantitative estimate of drug-likeness (QED) is 0.663. The number of sulfonamides is 1. The average Bonchev–Trinajstić information content (AvgIpc) is 3.00. The number of anilines is 2. The largest absolute Gasteiger partial charge is 0.476 e. The van der Waals surface area contributed by atoms with Crippen LogP contribution >= 0.6 is 11.6 Å². The maximum absolute atomic E-state index is 12.0. The highest BCUT2D eigenvalue weighted by Gasteiger charge is 2.16. The molecule has 3 rings (SSSR count). The highest BCUT2D eigenvalue weighted by molar-refractivity contribution is 7.92. The fourth-order valence-electron chi connectivity index (χ4n) is 2.45. The summed E-state index contributed by atoms with van der Waals surface area (Å²) in [5.41, 5.74) is 8.50. The summed E-state index contributed by atoms with van der Waals surface area (Å²) in [6.07, 6.45) is 4.88. The zero-order valence-electron chi connectivity index (χ0n) is 14.2. The molecule has 0 unspecified atom stereocenters. The summed E-state index contributed by atoms with van der Waals surface area (Å²) in [6.45, 7) is 3.70. The molecular formula is C16H18ClN5O3S. The van der Waals surface area contributed by atoms with Crippen LogP contribution in [0.4, 0.5) is 11.4 Å². The van der Waals surface area contributed by atoms with Crippen molar-refractivity contribution in [3.05, 3.63) is 35.7 Å². The number of nitrogens with zero attached hydrogens (tertiary/aromatic N) is 3. The van der Waals surface area contributed by atoms with E-state index in [1.807, 2.05) is 0 Å². The van der Waals surface area contributed by atoms with E-state index < -0.39 is 10.0 Å². The van der Waals surface area contributed by atoms with Crippen molar-refractivity contribution in [1.82, 2.24) is 14.4 Å². The van der Waals surface area contributed by atoms with E-state index in [0.717, 1.165) is 0 Å². The number of fused-ring (bicyclic) bond motifs is 1. The van der Waals surface area contributed by atoms with Gasteiger partial charge in [0.1, 0.15) is 5.69 Å². The van der Waals surface area contributed by atoms with Crippen LogP contribution in [0.2, 0.25) is 5.02 Å². The van der Waals surface area contributed by atoms with Gasteiger partial charge in [-0.25, -0.2) is 18.4 Å². The van der Waals surface area contributed by atoms with Crippen molar-refractivity contribution >= 4 is 38.6 Å². The molecule has 26 heavy (non-hydrogen) atoms. The van der Waals surface area contributed by atoms with Crippen LogP contribution in [0.5, 0.6) is 5.88 Å². The lowest BCUT2D eigenvalue weighted by atomic mass is 10.2. The number of nitrogens with two attached hydrogens (primary N) is 1. The number of pyridine rings is 2. The number of nitrogen functional groups attached to an aromatic ring is 1. The van der Waals surface area contributed by atoms with Crippen molar-refractivity contribution in [3.8, 4) is 17.1 Å². The van der Waals surface area contributed by atoms with Crippen LogP contribution in [0.1, 0.15) is 13.8 Å². The molecule has 3 aromatic heterocycles. The van der Waals surface area contributed by atoms with Crippen molar-refractivity contribution in [2.24, 2.45) is 0 Å². The molecule has 0 bridgehead atoms. The number of imidazole rings is 1. The lowest BCUT2D eigenvalue weighted by Crippen LogP contribution is -2.16. The van der Waals surface area contributed by atoms with E-state index in [9.17, 15) is 8.42 Å². The monoisotopic (exact) mass is 395 g/mol. The van der Waals surface area contributed by atoms with E-state index in [0.29, 0.717) is 34.2 Å². The van der Waals surface area contributed by atoms with Gasteiger partial charge in [-0.1, -0.05) is 11.6 Å². The van der Waals surface area contributed by atoms with Gasteiger partial charge in [-0.15, -0.1) is 0 Å². The lowest BCUT2D eigenvalue weighted by molar-refractivity contribution is 0.329. The second-order valence-electron chi connectivity index (χ2n) is 5.47. The number of hydrogen-bond donors (Lipinski definition) is 2. The van der Waals surface area contributed by atoms with Crippen LogP contribution in [0.25, 0.3) is 16.9 Å². The van der Waals surface area contributed by atoms with Crippen molar-refractivity contribution in [3.63, 3.8) is 0 Å². The Hall–Kier alpha value is -2.52. The van der Waals surface area contributed by atoms with E-state index in [4.69, 9.17) is 22.1 Å². The van der Waals surface area contributed by atoms with Crippen molar-refractivity contribution < 1.29 is 13.2 Å². The van der Waals surface area contributed by atoms with E-state index >= 15 is 0 Å². The summed E-state index contributed by atoms with van der Waals surface area (Å²) >= 11 is 6.09. The number of ether oxygens (including phenoxy) is 1. The molecule has 3 N–H and O–H groups in total. The Morgan fingerprint density at radius 3 is 2.73 bits per heavy atom. The summed E-state index contributed by atoms with van der Waals surface area (Å²) in [5, 5.41) is 0.458. The Kier molecular flexibility index (Phi) is 4.92. The normalized spacial score (nSPS) is 11.7. The van der Waals surface area contributed by atoms with Crippen molar-refractivity contribution in [2.75, 3.05) is 22.8 Å². The summed E-state index contributed by atoms with van der Waals surface area (Å²) < 4.78 is 33.6. The Morgan fingerprint density at radius 1 is 1.27 bits per heavy atom. The molecule has 138 valence electrons. The number of halogens is 1. The first-order valence-electron chi connectivity index (χ1n) is 7.90. The second kappa shape index (κ2) is 7.00.